The van der Waals surface area contributed by atoms with E-state index >= 15 is 0 Å². The SMILES string of the molecule is COCCONC(=O)C(C)CN. The minimum atomic E-state index is -0.215. The third-order valence-corrected chi connectivity index (χ3v) is 1.36. The smallest absolute Gasteiger partial charge is 0.247 e. The summed E-state index contributed by atoms with van der Waals surface area (Å²) in [5.41, 5.74) is 7.53. The molecule has 0 aliphatic carbocycles. The van der Waals surface area contributed by atoms with Crippen LogP contribution in [0.2, 0.25) is 0 Å². The van der Waals surface area contributed by atoms with E-state index in [-0.39, 0.29) is 11.8 Å². The summed E-state index contributed by atoms with van der Waals surface area (Å²) in [6.45, 7) is 2.85. The van der Waals surface area contributed by atoms with E-state index in [4.69, 9.17) is 15.3 Å². The minimum absolute atomic E-state index is 0.200. The van der Waals surface area contributed by atoms with Crippen LogP contribution in [0.5, 0.6) is 0 Å². The maximum absolute atomic E-state index is 11.0. The van der Waals surface area contributed by atoms with Crippen LogP contribution in [0.4, 0.5) is 0 Å². The summed E-state index contributed by atoms with van der Waals surface area (Å²) in [7, 11) is 1.56. The average Bonchev–Trinajstić information content (AvgIpc) is 2.10. The molecule has 0 saturated carbocycles. The monoisotopic (exact) mass is 176 g/mol. The lowest BCUT2D eigenvalue weighted by molar-refractivity contribution is -0.137. The van der Waals surface area contributed by atoms with E-state index in [1.54, 1.807) is 14.0 Å². The average molecular weight is 176 g/mol. The van der Waals surface area contributed by atoms with Crippen molar-refractivity contribution >= 4 is 5.91 Å². The maximum Gasteiger partial charge on any atom is 0.247 e. The molecule has 1 amide bonds. The summed E-state index contributed by atoms with van der Waals surface area (Å²) >= 11 is 0. The second-order valence-corrected chi connectivity index (χ2v) is 2.44. The van der Waals surface area contributed by atoms with Gasteiger partial charge >= 0.3 is 0 Å². The first-order valence-corrected chi connectivity index (χ1v) is 3.83. The second-order valence-electron chi connectivity index (χ2n) is 2.44. The molecule has 0 aromatic rings. The van der Waals surface area contributed by atoms with Crippen LogP contribution in [0.1, 0.15) is 6.92 Å². The van der Waals surface area contributed by atoms with E-state index in [0.717, 1.165) is 0 Å². The van der Waals surface area contributed by atoms with Gasteiger partial charge in [0.05, 0.1) is 13.2 Å². The Morgan fingerprint density at radius 3 is 2.75 bits per heavy atom. The summed E-state index contributed by atoms with van der Waals surface area (Å²) < 4.78 is 4.71. The van der Waals surface area contributed by atoms with Crippen molar-refractivity contribution < 1.29 is 14.4 Å². The Bertz CT molecular complexity index is 130. The normalized spacial score (nSPS) is 12.6. The van der Waals surface area contributed by atoms with Gasteiger partial charge in [-0.25, -0.2) is 5.48 Å². The Morgan fingerprint density at radius 1 is 1.58 bits per heavy atom. The van der Waals surface area contributed by atoms with Gasteiger partial charge in [0.15, 0.2) is 0 Å². The highest BCUT2D eigenvalue weighted by Crippen LogP contribution is 1.89. The van der Waals surface area contributed by atoms with Crippen LogP contribution in [-0.4, -0.2) is 32.8 Å². The van der Waals surface area contributed by atoms with Gasteiger partial charge in [-0.2, -0.15) is 0 Å². The molecular weight excluding hydrogens is 160 g/mol. The van der Waals surface area contributed by atoms with Gasteiger partial charge in [0.25, 0.3) is 0 Å². The van der Waals surface area contributed by atoms with Crippen molar-refractivity contribution in [2.45, 2.75) is 6.92 Å². The van der Waals surface area contributed by atoms with Crippen molar-refractivity contribution in [3.8, 4) is 0 Å². The Labute approximate surface area is 72.2 Å². The molecule has 1 atom stereocenters. The van der Waals surface area contributed by atoms with Crippen molar-refractivity contribution in [3.63, 3.8) is 0 Å². The Hall–Kier alpha value is -0.650. The van der Waals surface area contributed by atoms with E-state index in [2.05, 4.69) is 5.48 Å². The van der Waals surface area contributed by atoms with Crippen LogP contribution >= 0.6 is 0 Å². The minimum Gasteiger partial charge on any atom is -0.382 e. The molecule has 5 nitrogen and oxygen atoms in total. The lowest BCUT2D eigenvalue weighted by Crippen LogP contribution is -2.33. The number of carbonyl (C=O) groups excluding carboxylic acids is 1. The van der Waals surface area contributed by atoms with E-state index in [1.807, 2.05) is 0 Å². The van der Waals surface area contributed by atoms with Gasteiger partial charge in [-0.1, -0.05) is 6.92 Å². The predicted octanol–water partition coefficient (Wildman–Crippen LogP) is -0.725. The number of rotatable bonds is 6. The molecule has 0 rings (SSSR count). The molecule has 0 heterocycles. The number of ether oxygens (including phenoxy) is 1. The Balaban J connectivity index is 3.31. The van der Waals surface area contributed by atoms with E-state index in [0.29, 0.717) is 19.8 Å². The molecule has 0 aromatic heterocycles. The first kappa shape index (κ1) is 11.4. The summed E-state index contributed by atoms with van der Waals surface area (Å²) in [5, 5.41) is 0. The Morgan fingerprint density at radius 2 is 2.25 bits per heavy atom. The second kappa shape index (κ2) is 7.02. The Kier molecular flexibility index (Phi) is 6.64. The number of nitrogens with one attached hydrogen (secondary N) is 1. The topological polar surface area (TPSA) is 73.6 Å². The van der Waals surface area contributed by atoms with E-state index < -0.39 is 0 Å². The molecule has 12 heavy (non-hydrogen) atoms. The van der Waals surface area contributed by atoms with Gasteiger partial charge in [0, 0.05) is 19.6 Å². The van der Waals surface area contributed by atoms with Gasteiger partial charge in [-0.3, -0.25) is 9.63 Å². The zero-order valence-corrected chi connectivity index (χ0v) is 7.50. The first-order valence-electron chi connectivity index (χ1n) is 3.83. The molecule has 0 spiro atoms. The lowest BCUT2D eigenvalue weighted by atomic mass is 10.2. The summed E-state index contributed by atoms with van der Waals surface area (Å²) in [6.07, 6.45) is 0. The van der Waals surface area contributed by atoms with Gasteiger partial charge < -0.3 is 10.5 Å². The van der Waals surface area contributed by atoms with Crippen molar-refractivity contribution in [3.05, 3.63) is 0 Å². The van der Waals surface area contributed by atoms with Crippen LogP contribution in [0.3, 0.4) is 0 Å². The molecule has 0 radical (unpaired) electrons. The number of methoxy groups -OCH3 is 1. The van der Waals surface area contributed by atoms with Crippen molar-refractivity contribution in [2.75, 3.05) is 26.9 Å². The number of carbonyl (C=O) groups is 1. The van der Waals surface area contributed by atoms with Gasteiger partial charge in [0.1, 0.15) is 0 Å². The summed E-state index contributed by atoms with van der Waals surface area (Å²) in [5.74, 6) is -0.416. The fourth-order valence-corrected chi connectivity index (χ4v) is 0.455. The van der Waals surface area contributed by atoms with Crippen LogP contribution < -0.4 is 11.2 Å². The predicted molar refractivity (Wildman–Crippen MR) is 44.2 cm³/mol. The third kappa shape index (κ3) is 5.06. The molecule has 0 saturated heterocycles. The van der Waals surface area contributed by atoms with Crippen LogP contribution in [0.25, 0.3) is 0 Å². The number of hydrogen-bond donors (Lipinski definition) is 2. The highest BCUT2D eigenvalue weighted by atomic mass is 16.7. The molecule has 72 valence electrons. The van der Waals surface area contributed by atoms with Gasteiger partial charge in [-0.15, -0.1) is 0 Å². The highest BCUT2D eigenvalue weighted by molar-refractivity contribution is 5.77. The molecule has 0 bridgehead atoms. The fourth-order valence-electron chi connectivity index (χ4n) is 0.455. The molecule has 3 N–H and O–H groups in total. The van der Waals surface area contributed by atoms with Crippen molar-refractivity contribution in [1.29, 1.82) is 0 Å². The standard InChI is InChI=1S/C7H16N2O3/c1-6(5-8)7(10)9-12-4-3-11-2/h6H,3-5,8H2,1-2H3,(H,9,10). The molecule has 1 unspecified atom stereocenters. The summed E-state index contributed by atoms with van der Waals surface area (Å²) in [6, 6.07) is 0. The molecule has 0 aliphatic rings. The van der Waals surface area contributed by atoms with E-state index in [1.165, 1.54) is 0 Å². The number of hydrogen-bond acceptors (Lipinski definition) is 4. The van der Waals surface area contributed by atoms with Gasteiger partial charge in [-0.05, 0) is 0 Å². The number of amides is 1. The molecule has 0 fully saturated rings. The van der Waals surface area contributed by atoms with Gasteiger partial charge in [0.2, 0.25) is 5.91 Å². The van der Waals surface area contributed by atoms with Crippen molar-refractivity contribution in [1.82, 2.24) is 5.48 Å². The maximum atomic E-state index is 11.0. The van der Waals surface area contributed by atoms with Crippen LogP contribution in [0, 0.1) is 5.92 Å². The lowest BCUT2D eigenvalue weighted by Gasteiger charge is -2.08. The quantitative estimate of drug-likeness (QED) is 0.413. The molecular formula is C7H16N2O3. The first-order chi connectivity index (χ1) is 5.72. The summed E-state index contributed by atoms with van der Waals surface area (Å²) in [4.78, 5) is 15.8. The molecule has 5 heteroatoms. The highest BCUT2D eigenvalue weighted by Gasteiger charge is 2.09. The molecule has 0 aromatic carbocycles. The number of nitrogens with two attached hydrogens (primary N) is 1. The van der Waals surface area contributed by atoms with Crippen LogP contribution in [0.15, 0.2) is 0 Å². The third-order valence-electron chi connectivity index (χ3n) is 1.36. The number of hydroxylamine groups is 1. The van der Waals surface area contributed by atoms with E-state index in [9.17, 15) is 4.79 Å². The van der Waals surface area contributed by atoms with Crippen LogP contribution in [-0.2, 0) is 14.4 Å². The molecule has 0 aliphatic heterocycles. The zero-order chi connectivity index (χ0) is 9.40. The zero-order valence-electron chi connectivity index (χ0n) is 7.50. The largest absolute Gasteiger partial charge is 0.382 e. The van der Waals surface area contributed by atoms with Crippen molar-refractivity contribution in [2.24, 2.45) is 11.7 Å². The fraction of sp³-hybridized carbons (Fsp3) is 0.857.